The van der Waals surface area contributed by atoms with Gasteiger partial charge in [0.05, 0.1) is 5.69 Å². The Morgan fingerprint density at radius 1 is 1.44 bits per heavy atom. The molecule has 1 rings (SSSR count). The Kier molecular flexibility index (Phi) is 3.55. The Morgan fingerprint density at radius 3 is 2.56 bits per heavy atom. The Hall–Kier alpha value is -1.98. The molecule has 6 heteroatoms. The van der Waals surface area contributed by atoms with Crippen molar-refractivity contribution in [1.82, 2.24) is 9.88 Å². The number of nitrogen functional groups attached to an aromatic ring is 2. The van der Waals surface area contributed by atoms with Crippen molar-refractivity contribution in [1.29, 1.82) is 0 Å². The van der Waals surface area contributed by atoms with Crippen molar-refractivity contribution in [2.45, 2.75) is 13.0 Å². The van der Waals surface area contributed by atoms with Gasteiger partial charge in [-0.3, -0.25) is 4.79 Å². The van der Waals surface area contributed by atoms with Crippen molar-refractivity contribution in [3.8, 4) is 0 Å². The van der Waals surface area contributed by atoms with Crippen LogP contribution in [0.5, 0.6) is 0 Å². The molecule has 16 heavy (non-hydrogen) atoms. The lowest BCUT2D eigenvalue weighted by atomic mass is 10.3. The Bertz CT molecular complexity index is 391. The van der Waals surface area contributed by atoms with Gasteiger partial charge >= 0.3 is 0 Å². The molecule has 1 amide bonds. The maximum Gasteiger partial charge on any atom is 0.244 e. The van der Waals surface area contributed by atoms with Gasteiger partial charge < -0.3 is 21.7 Å². The smallest absolute Gasteiger partial charge is 0.244 e. The number of nitrogens with two attached hydrogens (primary N) is 2. The minimum absolute atomic E-state index is 0.0304. The van der Waals surface area contributed by atoms with Crippen LogP contribution in [-0.2, 0) is 4.79 Å². The van der Waals surface area contributed by atoms with Gasteiger partial charge in [0.2, 0.25) is 5.91 Å². The highest BCUT2D eigenvalue weighted by atomic mass is 16.2. The van der Waals surface area contributed by atoms with E-state index in [1.54, 1.807) is 33.2 Å². The molecule has 1 unspecified atom stereocenters. The van der Waals surface area contributed by atoms with Gasteiger partial charge in [0.15, 0.2) is 0 Å². The molecule has 0 spiro atoms. The molecule has 1 aromatic heterocycles. The molecule has 0 saturated heterocycles. The summed E-state index contributed by atoms with van der Waals surface area (Å²) in [5.74, 6) is 0.765. The van der Waals surface area contributed by atoms with E-state index in [0.717, 1.165) is 0 Å². The van der Waals surface area contributed by atoms with E-state index in [1.165, 1.54) is 4.90 Å². The van der Waals surface area contributed by atoms with Gasteiger partial charge in [-0.25, -0.2) is 4.98 Å². The molecular formula is C10H17N5O. The zero-order valence-electron chi connectivity index (χ0n) is 9.69. The van der Waals surface area contributed by atoms with Crippen LogP contribution in [0.3, 0.4) is 0 Å². The average molecular weight is 223 g/mol. The number of anilines is 3. The second-order valence-electron chi connectivity index (χ2n) is 3.77. The second kappa shape index (κ2) is 4.69. The molecule has 0 aliphatic carbocycles. The number of amides is 1. The topological polar surface area (TPSA) is 97.3 Å². The van der Waals surface area contributed by atoms with Crippen molar-refractivity contribution >= 4 is 23.2 Å². The predicted octanol–water partition coefficient (Wildman–Crippen LogP) is 0.135. The molecule has 0 aliphatic rings. The van der Waals surface area contributed by atoms with Gasteiger partial charge in [-0.2, -0.15) is 0 Å². The third kappa shape index (κ3) is 2.75. The fraction of sp³-hybridized carbons (Fsp3) is 0.400. The molecule has 1 aromatic rings. The van der Waals surface area contributed by atoms with E-state index in [-0.39, 0.29) is 17.8 Å². The number of hydrogen-bond donors (Lipinski definition) is 3. The summed E-state index contributed by atoms with van der Waals surface area (Å²) < 4.78 is 0. The standard InChI is InChI=1S/C10H17N5O/c1-6(10(16)15(2)3)13-8-5-4-7(11)9(12)14-8/h4-6H,11H2,1-3H3,(H3,12,13,14). The molecule has 88 valence electrons. The van der Waals surface area contributed by atoms with Gasteiger partial charge in [-0.1, -0.05) is 0 Å². The molecule has 0 aromatic carbocycles. The predicted molar refractivity (Wildman–Crippen MR) is 64.8 cm³/mol. The lowest BCUT2D eigenvalue weighted by Gasteiger charge is -2.18. The van der Waals surface area contributed by atoms with Crippen LogP contribution in [0.15, 0.2) is 12.1 Å². The maximum absolute atomic E-state index is 11.6. The zero-order valence-corrected chi connectivity index (χ0v) is 9.69. The first-order valence-electron chi connectivity index (χ1n) is 4.91. The van der Waals surface area contributed by atoms with Gasteiger partial charge in [0.1, 0.15) is 17.7 Å². The third-order valence-corrected chi connectivity index (χ3v) is 2.13. The third-order valence-electron chi connectivity index (χ3n) is 2.13. The quantitative estimate of drug-likeness (QED) is 0.677. The first-order chi connectivity index (χ1) is 7.41. The molecule has 1 atom stereocenters. The van der Waals surface area contributed by atoms with E-state index < -0.39 is 0 Å². The van der Waals surface area contributed by atoms with Crippen LogP contribution in [0, 0.1) is 0 Å². The number of pyridine rings is 1. The van der Waals surface area contributed by atoms with Gasteiger partial charge in [0, 0.05) is 14.1 Å². The number of nitrogens with zero attached hydrogens (tertiary/aromatic N) is 2. The fourth-order valence-electron chi connectivity index (χ4n) is 1.24. The van der Waals surface area contributed by atoms with E-state index in [9.17, 15) is 4.79 Å². The summed E-state index contributed by atoms with van der Waals surface area (Å²) in [5, 5.41) is 2.95. The normalized spacial score (nSPS) is 11.9. The van der Waals surface area contributed by atoms with Crippen LogP contribution < -0.4 is 16.8 Å². The zero-order chi connectivity index (χ0) is 12.3. The summed E-state index contributed by atoms with van der Waals surface area (Å²) in [6, 6.07) is 2.98. The molecule has 0 aliphatic heterocycles. The molecule has 5 N–H and O–H groups in total. The van der Waals surface area contributed by atoms with Crippen LogP contribution in [0.2, 0.25) is 0 Å². The van der Waals surface area contributed by atoms with Crippen molar-refractivity contribution in [2.24, 2.45) is 0 Å². The second-order valence-corrected chi connectivity index (χ2v) is 3.77. The van der Waals surface area contributed by atoms with E-state index in [2.05, 4.69) is 10.3 Å². The molecule has 0 bridgehead atoms. The molecule has 0 radical (unpaired) electrons. The number of carbonyl (C=O) groups excluding carboxylic acids is 1. The van der Waals surface area contributed by atoms with Crippen LogP contribution in [0.4, 0.5) is 17.3 Å². The first kappa shape index (κ1) is 12.1. The van der Waals surface area contributed by atoms with Crippen LogP contribution in [-0.4, -0.2) is 35.9 Å². The van der Waals surface area contributed by atoms with E-state index in [1.807, 2.05) is 0 Å². The fourth-order valence-corrected chi connectivity index (χ4v) is 1.24. The van der Waals surface area contributed by atoms with Crippen LogP contribution in [0.1, 0.15) is 6.92 Å². The monoisotopic (exact) mass is 223 g/mol. The van der Waals surface area contributed by atoms with Crippen molar-refractivity contribution < 1.29 is 4.79 Å². The Labute approximate surface area is 94.6 Å². The van der Waals surface area contributed by atoms with Crippen LogP contribution in [0.25, 0.3) is 0 Å². The summed E-state index contributed by atoms with van der Waals surface area (Å²) in [4.78, 5) is 17.1. The van der Waals surface area contributed by atoms with Crippen molar-refractivity contribution in [3.05, 3.63) is 12.1 Å². The molecule has 0 saturated carbocycles. The molecular weight excluding hydrogens is 206 g/mol. The van der Waals surface area contributed by atoms with Gasteiger partial charge in [-0.05, 0) is 19.1 Å². The highest BCUT2D eigenvalue weighted by molar-refractivity contribution is 5.83. The van der Waals surface area contributed by atoms with E-state index >= 15 is 0 Å². The minimum atomic E-state index is -0.356. The number of rotatable bonds is 3. The Morgan fingerprint density at radius 2 is 2.06 bits per heavy atom. The summed E-state index contributed by atoms with van der Waals surface area (Å²) in [6.07, 6.45) is 0. The Balaban J connectivity index is 2.73. The molecule has 0 fully saturated rings. The minimum Gasteiger partial charge on any atom is -0.396 e. The lowest BCUT2D eigenvalue weighted by Crippen LogP contribution is -2.36. The van der Waals surface area contributed by atoms with E-state index in [0.29, 0.717) is 11.5 Å². The summed E-state index contributed by atoms with van der Waals surface area (Å²) in [6.45, 7) is 1.76. The molecule has 1 heterocycles. The number of nitrogens with one attached hydrogen (secondary N) is 1. The summed E-state index contributed by atoms with van der Waals surface area (Å²) >= 11 is 0. The lowest BCUT2D eigenvalue weighted by molar-refractivity contribution is -0.129. The number of hydrogen-bond acceptors (Lipinski definition) is 5. The summed E-state index contributed by atoms with van der Waals surface area (Å²) in [7, 11) is 3.40. The van der Waals surface area contributed by atoms with Gasteiger partial charge in [-0.15, -0.1) is 0 Å². The highest BCUT2D eigenvalue weighted by Crippen LogP contribution is 2.15. The number of likely N-dealkylation sites (N-methyl/N-ethyl adjacent to an activating group) is 1. The van der Waals surface area contributed by atoms with Gasteiger partial charge in [0.25, 0.3) is 0 Å². The largest absolute Gasteiger partial charge is 0.396 e. The first-order valence-corrected chi connectivity index (χ1v) is 4.91. The van der Waals surface area contributed by atoms with Crippen molar-refractivity contribution in [3.63, 3.8) is 0 Å². The van der Waals surface area contributed by atoms with E-state index in [4.69, 9.17) is 11.5 Å². The number of aromatic nitrogens is 1. The number of carbonyl (C=O) groups is 1. The van der Waals surface area contributed by atoms with Crippen LogP contribution >= 0.6 is 0 Å². The average Bonchev–Trinajstić information content (AvgIpc) is 2.22. The molecule has 6 nitrogen and oxygen atoms in total. The summed E-state index contributed by atoms with van der Waals surface area (Å²) in [5.41, 5.74) is 11.5. The highest BCUT2D eigenvalue weighted by Gasteiger charge is 2.14. The maximum atomic E-state index is 11.6. The SMILES string of the molecule is CC(Nc1ccc(N)c(N)n1)C(=O)N(C)C. The van der Waals surface area contributed by atoms with Crippen molar-refractivity contribution in [2.75, 3.05) is 30.9 Å².